The number of carbonyl (C=O) groups is 1. The molecule has 1 atom stereocenters. The Hall–Kier alpha value is -1.77. The lowest BCUT2D eigenvalue weighted by Gasteiger charge is -2.29. The van der Waals surface area contributed by atoms with Gasteiger partial charge < -0.3 is 19.9 Å². The van der Waals surface area contributed by atoms with Crippen molar-refractivity contribution in [2.75, 3.05) is 17.8 Å². The van der Waals surface area contributed by atoms with E-state index in [1.807, 2.05) is 12.1 Å². The van der Waals surface area contributed by atoms with Gasteiger partial charge in [0.2, 0.25) is 0 Å². The highest BCUT2D eigenvalue weighted by atomic mass is 32.2. The number of carboxylic acid groups (broad SMARTS) is 1. The van der Waals surface area contributed by atoms with Crippen LogP contribution in [0.1, 0.15) is 0 Å². The summed E-state index contributed by atoms with van der Waals surface area (Å²) in [4.78, 5) is 15.8. The van der Waals surface area contributed by atoms with E-state index in [0.29, 0.717) is 21.1 Å². The third kappa shape index (κ3) is 1.98. The quantitative estimate of drug-likeness (QED) is 0.742. The van der Waals surface area contributed by atoms with Crippen LogP contribution in [0.4, 0.5) is 5.69 Å². The molecule has 1 aliphatic heterocycles. The van der Waals surface area contributed by atoms with Gasteiger partial charge in [-0.1, -0.05) is 30.0 Å². The number of benzene rings is 1. The van der Waals surface area contributed by atoms with Crippen LogP contribution in [0.25, 0.3) is 10.9 Å². The Morgan fingerprint density at radius 2 is 2.33 bits per heavy atom. The molecule has 3 N–H and O–H groups in total. The molecule has 2 aromatic rings. The largest absolute Gasteiger partial charge is 0.496 e. The minimum Gasteiger partial charge on any atom is -0.496 e. The standard InChI is InChI=1S/C13H12N2O4S2/c1-19-9-4-2-3-7-10(9)8(5-14-7)15-12(20)21-6-13(15,18)11(16)17/h2-5,14,18H,6H2,1H3,(H,16,17). The number of fused-ring (bicyclic) bond motifs is 1. The van der Waals surface area contributed by atoms with Crippen molar-refractivity contribution in [3.05, 3.63) is 24.4 Å². The second-order valence-electron chi connectivity index (χ2n) is 4.57. The minimum atomic E-state index is -2.06. The number of H-pyrrole nitrogens is 1. The van der Waals surface area contributed by atoms with Crippen molar-refractivity contribution in [2.45, 2.75) is 5.72 Å². The smallest absolute Gasteiger partial charge is 0.358 e. The molecule has 1 aliphatic rings. The maximum absolute atomic E-state index is 11.5. The zero-order chi connectivity index (χ0) is 15.2. The summed E-state index contributed by atoms with van der Waals surface area (Å²) < 4.78 is 5.64. The van der Waals surface area contributed by atoms with Gasteiger partial charge in [0.1, 0.15) is 10.1 Å². The summed E-state index contributed by atoms with van der Waals surface area (Å²) in [6.45, 7) is 0. The zero-order valence-electron chi connectivity index (χ0n) is 11.0. The van der Waals surface area contributed by atoms with Crippen molar-refractivity contribution in [1.29, 1.82) is 0 Å². The molecule has 110 valence electrons. The van der Waals surface area contributed by atoms with Gasteiger partial charge in [0.25, 0.3) is 5.72 Å². The number of carboxylic acids is 1. The normalized spacial score (nSPS) is 22.0. The average Bonchev–Trinajstić information content (AvgIpc) is 3.01. The number of ether oxygens (including phenoxy) is 1. The van der Waals surface area contributed by atoms with Crippen molar-refractivity contribution in [2.24, 2.45) is 0 Å². The molecule has 6 nitrogen and oxygen atoms in total. The monoisotopic (exact) mass is 324 g/mol. The van der Waals surface area contributed by atoms with Crippen molar-refractivity contribution < 1.29 is 19.7 Å². The van der Waals surface area contributed by atoms with E-state index in [4.69, 9.17) is 17.0 Å². The minimum absolute atomic E-state index is 0.0248. The Balaban J connectivity index is 2.24. The van der Waals surface area contributed by atoms with Gasteiger partial charge in [-0.2, -0.15) is 0 Å². The summed E-state index contributed by atoms with van der Waals surface area (Å²) >= 11 is 6.34. The molecule has 0 bridgehead atoms. The van der Waals surface area contributed by atoms with Crippen LogP contribution in [0.3, 0.4) is 0 Å². The summed E-state index contributed by atoms with van der Waals surface area (Å²) in [5.41, 5.74) is -0.795. The molecule has 1 saturated heterocycles. The lowest BCUT2D eigenvalue weighted by molar-refractivity contribution is -0.154. The fraction of sp³-hybridized carbons (Fsp3) is 0.231. The number of hydrogen-bond donors (Lipinski definition) is 3. The van der Waals surface area contributed by atoms with E-state index in [-0.39, 0.29) is 5.75 Å². The van der Waals surface area contributed by atoms with Crippen LogP contribution in [-0.4, -0.2) is 44.1 Å². The summed E-state index contributed by atoms with van der Waals surface area (Å²) in [6, 6.07) is 5.43. The topological polar surface area (TPSA) is 85.8 Å². The third-order valence-corrected chi connectivity index (χ3v) is 4.91. The number of nitrogens with one attached hydrogen (secondary N) is 1. The molecule has 21 heavy (non-hydrogen) atoms. The van der Waals surface area contributed by atoms with Crippen molar-refractivity contribution in [1.82, 2.24) is 4.98 Å². The number of anilines is 1. The molecular weight excluding hydrogens is 312 g/mol. The number of thiocarbonyl (C=S) groups is 1. The van der Waals surface area contributed by atoms with Gasteiger partial charge in [0.05, 0.1) is 29.5 Å². The lowest BCUT2D eigenvalue weighted by Crippen LogP contribution is -2.53. The SMILES string of the molecule is COc1cccc2[nH]cc(N3C(=S)SCC3(O)C(=O)O)c12. The maximum Gasteiger partial charge on any atom is 0.358 e. The van der Waals surface area contributed by atoms with Crippen molar-refractivity contribution in [3.63, 3.8) is 0 Å². The number of aromatic nitrogens is 1. The maximum atomic E-state index is 11.5. The summed E-state index contributed by atoms with van der Waals surface area (Å²) in [5, 5.41) is 20.5. The number of methoxy groups -OCH3 is 1. The number of aromatic amines is 1. The van der Waals surface area contributed by atoms with Gasteiger partial charge in [-0.15, -0.1) is 0 Å². The molecule has 0 spiro atoms. The van der Waals surface area contributed by atoms with Gasteiger partial charge in [-0.3, -0.25) is 4.90 Å². The van der Waals surface area contributed by atoms with E-state index < -0.39 is 11.7 Å². The number of hydrogen-bond acceptors (Lipinski definition) is 5. The number of aliphatic carboxylic acids is 1. The molecule has 1 aromatic carbocycles. The Kier molecular flexibility index (Phi) is 3.31. The Morgan fingerprint density at radius 1 is 1.57 bits per heavy atom. The average molecular weight is 324 g/mol. The summed E-state index contributed by atoms with van der Waals surface area (Å²) in [5.74, 6) is -0.779. The summed E-state index contributed by atoms with van der Waals surface area (Å²) in [6.07, 6.45) is 1.62. The fourth-order valence-corrected chi connectivity index (χ4v) is 3.76. The molecule has 3 rings (SSSR count). The van der Waals surface area contributed by atoms with Crippen molar-refractivity contribution >= 4 is 50.9 Å². The number of rotatable bonds is 3. The van der Waals surface area contributed by atoms with Gasteiger partial charge in [0.15, 0.2) is 0 Å². The Morgan fingerprint density at radius 3 is 3.00 bits per heavy atom. The van der Waals surface area contributed by atoms with E-state index in [0.717, 1.165) is 17.3 Å². The van der Waals surface area contributed by atoms with E-state index in [2.05, 4.69) is 4.98 Å². The predicted octanol–water partition coefficient (Wildman–Crippen LogP) is 1.79. The van der Waals surface area contributed by atoms with Gasteiger partial charge >= 0.3 is 5.97 Å². The molecule has 0 amide bonds. The summed E-state index contributed by atoms with van der Waals surface area (Å²) in [7, 11) is 1.53. The Bertz CT molecular complexity index is 745. The molecule has 1 unspecified atom stereocenters. The number of thioether (sulfide) groups is 1. The van der Waals surface area contributed by atoms with Crippen LogP contribution in [0.5, 0.6) is 5.75 Å². The highest BCUT2D eigenvalue weighted by Gasteiger charge is 2.51. The number of aliphatic hydroxyl groups is 1. The first kappa shape index (κ1) is 14.2. The zero-order valence-corrected chi connectivity index (χ0v) is 12.6. The molecular formula is C13H12N2O4S2. The van der Waals surface area contributed by atoms with Crippen molar-refractivity contribution in [3.8, 4) is 5.75 Å². The van der Waals surface area contributed by atoms with E-state index >= 15 is 0 Å². The molecule has 0 radical (unpaired) electrons. The highest BCUT2D eigenvalue weighted by molar-refractivity contribution is 8.23. The molecule has 0 aliphatic carbocycles. The van der Waals surface area contributed by atoms with Crippen LogP contribution in [0.15, 0.2) is 24.4 Å². The molecule has 0 saturated carbocycles. The third-order valence-electron chi connectivity index (χ3n) is 3.40. The van der Waals surface area contributed by atoms with Crippen LogP contribution >= 0.6 is 24.0 Å². The number of nitrogens with zero attached hydrogens (tertiary/aromatic N) is 1. The molecule has 8 heteroatoms. The lowest BCUT2D eigenvalue weighted by atomic mass is 10.1. The van der Waals surface area contributed by atoms with Crippen LogP contribution < -0.4 is 9.64 Å². The molecule has 1 fully saturated rings. The highest BCUT2D eigenvalue weighted by Crippen LogP contribution is 2.42. The van der Waals surface area contributed by atoms with E-state index in [1.54, 1.807) is 12.3 Å². The van der Waals surface area contributed by atoms with E-state index in [1.165, 1.54) is 12.0 Å². The first-order valence-electron chi connectivity index (χ1n) is 6.06. The van der Waals surface area contributed by atoms with Gasteiger partial charge in [0, 0.05) is 6.20 Å². The fourth-order valence-electron chi connectivity index (χ4n) is 2.38. The second kappa shape index (κ2) is 4.90. The Labute approximate surface area is 129 Å². The second-order valence-corrected chi connectivity index (χ2v) is 6.18. The van der Waals surface area contributed by atoms with Crippen LogP contribution in [0.2, 0.25) is 0 Å². The first-order valence-corrected chi connectivity index (χ1v) is 7.45. The predicted molar refractivity (Wildman–Crippen MR) is 85.0 cm³/mol. The molecule has 1 aromatic heterocycles. The first-order chi connectivity index (χ1) is 9.99. The van der Waals surface area contributed by atoms with E-state index in [9.17, 15) is 15.0 Å². The molecule has 2 heterocycles. The van der Waals surface area contributed by atoms with Gasteiger partial charge in [-0.05, 0) is 12.1 Å². The van der Waals surface area contributed by atoms with Crippen LogP contribution in [0, 0.1) is 0 Å². The van der Waals surface area contributed by atoms with Gasteiger partial charge in [-0.25, -0.2) is 4.79 Å². The van der Waals surface area contributed by atoms with Crippen LogP contribution in [-0.2, 0) is 4.79 Å².